The summed E-state index contributed by atoms with van der Waals surface area (Å²) in [5, 5.41) is 8.33. The summed E-state index contributed by atoms with van der Waals surface area (Å²) in [5.41, 5.74) is 5.93. The van der Waals surface area contributed by atoms with E-state index < -0.39 is 11.2 Å². The number of carbonyl (C=O) groups excluding carboxylic acids is 1. The molecule has 1 aromatic carbocycles. The maximum atomic E-state index is 13.4. The molecular formula is C23H28N6O4S. The van der Waals surface area contributed by atoms with Crippen molar-refractivity contribution < 1.29 is 9.21 Å². The van der Waals surface area contributed by atoms with Crippen LogP contribution < -0.4 is 21.9 Å². The molecule has 0 unspecified atom stereocenters. The summed E-state index contributed by atoms with van der Waals surface area (Å²) in [6.45, 7) is 2.37. The lowest BCUT2D eigenvalue weighted by Gasteiger charge is -2.29. The van der Waals surface area contributed by atoms with Crippen LogP contribution in [0.3, 0.4) is 0 Å². The highest BCUT2D eigenvalue weighted by Crippen LogP contribution is 2.31. The Morgan fingerprint density at radius 2 is 1.97 bits per heavy atom. The zero-order chi connectivity index (χ0) is 24.1. The van der Waals surface area contributed by atoms with Gasteiger partial charge in [0.1, 0.15) is 5.82 Å². The third kappa shape index (κ3) is 5.09. The van der Waals surface area contributed by atoms with Crippen molar-refractivity contribution in [2.75, 3.05) is 16.4 Å². The lowest BCUT2D eigenvalue weighted by atomic mass is 10.2. The number of hydrogen-bond donors (Lipinski definition) is 2. The van der Waals surface area contributed by atoms with Gasteiger partial charge in [-0.05, 0) is 31.4 Å². The third-order valence-corrected chi connectivity index (χ3v) is 6.70. The number of unbranched alkanes of at least 4 members (excludes halogenated alkanes) is 1. The van der Waals surface area contributed by atoms with E-state index in [9.17, 15) is 14.4 Å². The molecule has 10 nitrogen and oxygen atoms in total. The quantitative estimate of drug-likeness (QED) is 0.442. The number of carbonyl (C=O) groups is 1. The molecule has 0 bridgehead atoms. The van der Waals surface area contributed by atoms with E-state index in [0.29, 0.717) is 12.4 Å². The number of anilines is 2. The van der Waals surface area contributed by atoms with Gasteiger partial charge >= 0.3 is 5.69 Å². The smallest absolute Gasteiger partial charge is 0.330 e. The number of nitrogen functional groups attached to an aromatic ring is 1. The highest BCUT2D eigenvalue weighted by Gasteiger charge is 2.32. The fourth-order valence-electron chi connectivity index (χ4n) is 4.18. The van der Waals surface area contributed by atoms with E-state index in [2.05, 4.69) is 15.2 Å². The molecule has 1 saturated carbocycles. The molecule has 2 heterocycles. The summed E-state index contributed by atoms with van der Waals surface area (Å²) in [7, 11) is 0. The first kappa shape index (κ1) is 23.8. The Labute approximate surface area is 200 Å². The van der Waals surface area contributed by atoms with Gasteiger partial charge in [-0.1, -0.05) is 56.1 Å². The summed E-state index contributed by atoms with van der Waals surface area (Å²) >= 11 is 1.11. The standard InChI is InChI=1S/C23H28N6O4S/c1-2-3-13-28-19(24)18(20(31)25-22(28)32)29(16-11-7-8-12-16)17(30)14-34-23-27-26-21(33-23)15-9-5-4-6-10-15/h4-6,9-10,16H,2-3,7-8,11-14,24H2,1H3,(H,25,31,32). The lowest BCUT2D eigenvalue weighted by Crippen LogP contribution is -2.46. The molecule has 180 valence electrons. The van der Waals surface area contributed by atoms with Gasteiger partial charge in [0.05, 0.1) is 5.75 Å². The predicted molar refractivity (Wildman–Crippen MR) is 131 cm³/mol. The molecule has 0 saturated heterocycles. The molecule has 4 rings (SSSR count). The van der Waals surface area contributed by atoms with Crippen molar-refractivity contribution in [3.63, 3.8) is 0 Å². The minimum Gasteiger partial charge on any atom is -0.411 e. The van der Waals surface area contributed by atoms with Crippen molar-refractivity contribution in [2.24, 2.45) is 0 Å². The van der Waals surface area contributed by atoms with Crippen molar-refractivity contribution in [2.45, 2.75) is 63.3 Å². The van der Waals surface area contributed by atoms with Gasteiger partial charge in [0.2, 0.25) is 11.8 Å². The molecule has 0 spiro atoms. The number of benzene rings is 1. The Morgan fingerprint density at radius 3 is 2.68 bits per heavy atom. The van der Waals surface area contributed by atoms with Gasteiger partial charge in [-0.25, -0.2) is 4.79 Å². The molecule has 0 atom stereocenters. The Balaban J connectivity index is 1.59. The largest absolute Gasteiger partial charge is 0.411 e. The molecular weight excluding hydrogens is 456 g/mol. The van der Waals surface area contributed by atoms with E-state index in [1.165, 1.54) is 9.47 Å². The van der Waals surface area contributed by atoms with Crippen LogP contribution in [0.15, 0.2) is 49.6 Å². The van der Waals surface area contributed by atoms with Crippen LogP contribution in [0.1, 0.15) is 45.4 Å². The SMILES string of the molecule is CCCCn1c(N)c(N(C(=O)CSc2nnc(-c3ccccc3)o2)C2CCCC2)c(=O)[nH]c1=O. The van der Waals surface area contributed by atoms with Crippen LogP contribution in [0.5, 0.6) is 0 Å². The number of aromatic nitrogens is 4. The van der Waals surface area contributed by atoms with E-state index in [0.717, 1.165) is 55.9 Å². The first-order chi connectivity index (χ1) is 16.5. The second kappa shape index (κ2) is 10.7. The average molecular weight is 485 g/mol. The molecule has 1 fully saturated rings. The number of hydrogen-bond acceptors (Lipinski definition) is 8. The van der Waals surface area contributed by atoms with Gasteiger partial charge in [-0.3, -0.25) is 19.1 Å². The third-order valence-electron chi connectivity index (χ3n) is 5.90. The molecule has 3 N–H and O–H groups in total. The second-order valence-corrected chi connectivity index (χ2v) is 9.15. The number of nitrogens with zero attached hydrogens (tertiary/aromatic N) is 4. The molecule has 11 heteroatoms. The van der Waals surface area contributed by atoms with Crippen molar-refractivity contribution in [1.29, 1.82) is 0 Å². The number of aromatic amines is 1. The van der Waals surface area contributed by atoms with Crippen LogP contribution in [-0.4, -0.2) is 37.5 Å². The Hall–Kier alpha value is -3.34. The minimum absolute atomic E-state index is 0.0140. The van der Waals surface area contributed by atoms with Gasteiger partial charge in [0.15, 0.2) is 5.69 Å². The fourth-order valence-corrected chi connectivity index (χ4v) is 4.80. The average Bonchev–Trinajstić information content (AvgIpc) is 3.53. The number of rotatable bonds is 9. The molecule has 1 aliphatic rings. The number of amides is 1. The molecule has 2 aromatic heterocycles. The summed E-state index contributed by atoms with van der Waals surface area (Å²) in [5.74, 6) is 0.0811. The van der Waals surface area contributed by atoms with E-state index in [-0.39, 0.29) is 34.4 Å². The molecule has 1 amide bonds. The number of H-pyrrole nitrogens is 1. The van der Waals surface area contributed by atoms with Crippen LogP contribution in [0.2, 0.25) is 0 Å². The van der Waals surface area contributed by atoms with Crippen molar-refractivity contribution in [3.8, 4) is 11.5 Å². The summed E-state index contributed by atoms with van der Waals surface area (Å²) < 4.78 is 7.03. The molecule has 34 heavy (non-hydrogen) atoms. The van der Waals surface area contributed by atoms with Crippen LogP contribution in [-0.2, 0) is 11.3 Å². The van der Waals surface area contributed by atoms with E-state index in [1.54, 1.807) is 0 Å². The van der Waals surface area contributed by atoms with Crippen LogP contribution >= 0.6 is 11.8 Å². The van der Waals surface area contributed by atoms with Crippen molar-refractivity contribution in [3.05, 3.63) is 51.2 Å². The van der Waals surface area contributed by atoms with E-state index >= 15 is 0 Å². The molecule has 1 aliphatic carbocycles. The topological polar surface area (TPSA) is 140 Å². The Kier molecular flexibility index (Phi) is 7.51. The molecule has 3 aromatic rings. The zero-order valence-corrected chi connectivity index (χ0v) is 19.8. The zero-order valence-electron chi connectivity index (χ0n) is 19.0. The van der Waals surface area contributed by atoms with Gasteiger partial charge in [0.25, 0.3) is 10.8 Å². The number of thioether (sulfide) groups is 1. The minimum atomic E-state index is -0.648. The maximum Gasteiger partial charge on any atom is 0.330 e. The number of nitrogens with one attached hydrogen (secondary N) is 1. The van der Waals surface area contributed by atoms with Gasteiger partial charge in [-0.15, -0.1) is 10.2 Å². The predicted octanol–water partition coefficient (Wildman–Crippen LogP) is 3.04. The molecule has 0 radical (unpaired) electrons. The summed E-state index contributed by atoms with van der Waals surface area (Å²) in [6.07, 6.45) is 5.03. The normalized spacial score (nSPS) is 13.9. The molecule has 0 aliphatic heterocycles. The van der Waals surface area contributed by atoms with Crippen LogP contribution in [0, 0.1) is 0 Å². The van der Waals surface area contributed by atoms with Crippen LogP contribution in [0.25, 0.3) is 11.5 Å². The first-order valence-electron chi connectivity index (χ1n) is 11.5. The van der Waals surface area contributed by atoms with E-state index in [1.807, 2.05) is 37.3 Å². The van der Waals surface area contributed by atoms with E-state index in [4.69, 9.17) is 10.2 Å². The summed E-state index contributed by atoms with van der Waals surface area (Å²) in [6, 6.07) is 9.20. The fraction of sp³-hybridized carbons (Fsp3) is 0.435. The number of nitrogens with two attached hydrogens (primary N) is 1. The monoisotopic (exact) mass is 484 g/mol. The Bertz CT molecular complexity index is 1250. The second-order valence-electron chi connectivity index (χ2n) is 8.23. The van der Waals surface area contributed by atoms with Crippen molar-refractivity contribution in [1.82, 2.24) is 19.7 Å². The van der Waals surface area contributed by atoms with Crippen LogP contribution in [0.4, 0.5) is 11.5 Å². The first-order valence-corrected chi connectivity index (χ1v) is 12.4. The highest BCUT2D eigenvalue weighted by atomic mass is 32.2. The summed E-state index contributed by atoms with van der Waals surface area (Å²) in [4.78, 5) is 42.4. The maximum absolute atomic E-state index is 13.4. The lowest BCUT2D eigenvalue weighted by molar-refractivity contribution is -0.116. The van der Waals surface area contributed by atoms with Gasteiger partial charge < -0.3 is 15.1 Å². The highest BCUT2D eigenvalue weighted by molar-refractivity contribution is 7.99. The van der Waals surface area contributed by atoms with Crippen molar-refractivity contribution >= 4 is 29.2 Å². The van der Waals surface area contributed by atoms with Gasteiger partial charge in [0, 0.05) is 18.2 Å². The van der Waals surface area contributed by atoms with Gasteiger partial charge in [-0.2, -0.15) is 0 Å². The Morgan fingerprint density at radius 1 is 1.24 bits per heavy atom.